The van der Waals surface area contributed by atoms with Crippen molar-refractivity contribution in [2.45, 2.75) is 50.6 Å². The second kappa shape index (κ2) is 5.47. The Kier molecular flexibility index (Phi) is 3.95. The van der Waals surface area contributed by atoms with E-state index in [1.165, 1.54) is 11.8 Å². The minimum absolute atomic E-state index is 0.0290. The van der Waals surface area contributed by atoms with Crippen LogP contribution in [0.5, 0.6) is 0 Å². The fourth-order valence-corrected chi connectivity index (χ4v) is 2.32. The molecular weight excluding hydrogens is 252 g/mol. The van der Waals surface area contributed by atoms with E-state index in [1.54, 1.807) is 4.68 Å². The average Bonchev–Trinajstić information content (AvgIpc) is 2.96. The lowest BCUT2D eigenvalue weighted by molar-refractivity contribution is 0.375. The van der Waals surface area contributed by atoms with Crippen molar-refractivity contribution in [3.8, 4) is 0 Å². The molecule has 2 heterocycles. The maximum atomic E-state index is 5.21. The fraction of sp³-hybridized carbons (Fsp3) is 0.700. The zero-order valence-corrected chi connectivity index (χ0v) is 11.7. The SMILES string of the molecule is CCc1noc(C(C)Sc2nnnn2C(C)C)n1. The predicted octanol–water partition coefficient (Wildman–Crippen LogP) is 2.05. The third-order valence-electron chi connectivity index (χ3n) is 2.38. The summed E-state index contributed by atoms with van der Waals surface area (Å²) in [6, 6.07) is 0.226. The molecule has 0 aromatic carbocycles. The highest BCUT2D eigenvalue weighted by Gasteiger charge is 2.19. The molecule has 0 saturated carbocycles. The number of hydrogen-bond acceptors (Lipinski definition) is 7. The van der Waals surface area contributed by atoms with Crippen LogP contribution in [0.3, 0.4) is 0 Å². The highest BCUT2D eigenvalue weighted by Crippen LogP contribution is 2.32. The fourth-order valence-electron chi connectivity index (χ4n) is 1.37. The van der Waals surface area contributed by atoms with Gasteiger partial charge in [-0.25, -0.2) is 4.68 Å². The van der Waals surface area contributed by atoms with Gasteiger partial charge in [-0.3, -0.25) is 0 Å². The molecule has 7 nitrogen and oxygen atoms in total. The van der Waals surface area contributed by atoms with E-state index < -0.39 is 0 Å². The lowest BCUT2D eigenvalue weighted by Crippen LogP contribution is -2.05. The largest absolute Gasteiger partial charge is 0.338 e. The van der Waals surface area contributed by atoms with Crippen LogP contribution in [0.15, 0.2) is 9.68 Å². The first-order valence-corrected chi connectivity index (χ1v) is 6.76. The molecule has 0 spiro atoms. The third kappa shape index (κ3) is 2.69. The molecule has 0 aliphatic heterocycles. The van der Waals surface area contributed by atoms with E-state index >= 15 is 0 Å². The number of rotatable bonds is 5. The van der Waals surface area contributed by atoms with Gasteiger partial charge in [0.1, 0.15) is 0 Å². The van der Waals surface area contributed by atoms with Gasteiger partial charge >= 0.3 is 0 Å². The lowest BCUT2D eigenvalue weighted by atomic mass is 10.4. The van der Waals surface area contributed by atoms with Crippen molar-refractivity contribution in [1.82, 2.24) is 30.3 Å². The Labute approximate surface area is 109 Å². The highest BCUT2D eigenvalue weighted by atomic mass is 32.2. The maximum Gasteiger partial charge on any atom is 0.239 e. The van der Waals surface area contributed by atoms with Gasteiger partial charge in [-0.1, -0.05) is 23.8 Å². The van der Waals surface area contributed by atoms with Crippen molar-refractivity contribution in [2.75, 3.05) is 0 Å². The molecule has 2 aromatic rings. The number of tetrazole rings is 1. The van der Waals surface area contributed by atoms with E-state index in [-0.39, 0.29) is 11.3 Å². The molecule has 0 radical (unpaired) electrons. The average molecular weight is 268 g/mol. The zero-order chi connectivity index (χ0) is 13.1. The summed E-state index contributed by atoms with van der Waals surface area (Å²) in [7, 11) is 0. The second-order valence-corrected chi connectivity index (χ2v) is 5.47. The summed E-state index contributed by atoms with van der Waals surface area (Å²) in [5.74, 6) is 1.33. The standard InChI is InChI=1S/C10H16N6OS/c1-5-8-11-9(17-13-8)7(4)18-10-12-14-15-16(10)6(2)3/h6-7H,5H2,1-4H3. The highest BCUT2D eigenvalue weighted by molar-refractivity contribution is 7.99. The molecular formula is C10H16N6OS. The summed E-state index contributed by atoms with van der Waals surface area (Å²) in [6.07, 6.45) is 0.768. The topological polar surface area (TPSA) is 82.5 Å². The van der Waals surface area contributed by atoms with Crippen molar-refractivity contribution < 1.29 is 4.52 Å². The zero-order valence-electron chi connectivity index (χ0n) is 10.9. The van der Waals surface area contributed by atoms with Gasteiger partial charge in [-0.2, -0.15) is 4.98 Å². The lowest BCUT2D eigenvalue weighted by Gasteiger charge is -2.09. The monoisotopic (exact) mass is 268 g/mol. The van der Waals surface area contributed by atoms with Gasteiger partial charge in [0.05, 0.1) is 11.3 Å². The molecule has 0 N–H and O–H groups in total. The minimum atomic E-state index is 0.0290. The van der Waals surface area contributed by atoms with Crippen LogP contribution in [-0.2, 0) is 6.42 Å². The van der Waals surface area contributed by atoms with E-state index in [2.05, 4.69) is 25.7 Å². The number of aryl methyl sites for hydroxylation is 1. The predicted molar refractivity (Wildman–Crippen MR) is 66.2 cm³/mol. The summed E-state index contributed by atoms with van der Waals surface area (Å²) >= 11 is 1.51. The van der Waals surface area contributed by atoms with Gasteiger partial charge < -0.3 is 4.52 Å². The summed E-state index contributed by atoms with van der Waals surface area (Å²) in [5.41, 5.74) is 0. The first kappa shape index (κ1) is 13.0. The molecule has 0 saturated heterocycles. The Hall–Kier alpha value is -1.44. The Morgan fingerprint density at radius 3 is 2.72 bits per heavy atom. The first-order chi connectivity index (χ1) is 8.61. The van der Waals surface area contributed by atoms with Crippen LogP contribution in [0, 0.1) is 0 Å². The van der Waals surface area contributed by atoms with Crippen LogP contribution in [0.2, 0.25) is 0 Å². The van der Waals surface area contributed by atoms with Gasteiger partial charge in [-0.05, 0) is 31.2 Å². The molecule has 2 aromatic heterocycles. The molecule has 0 bridgehead atoms. The Morgan fingerprint density at radius 1 is 1.33 bits per heavy atom. The second-order valence-electron chi connectivity index (χ2n) is 4.16. The van der Waals surface area contributed by atoms with Crippen molar-refractivity contribution in [3.05, 3.63) is 11.7 Å². The van der Waals surface area contributed by atoms with Crippen LogP contribution >= 0.6 is 11.8 Å². The van der Waals surface area contributed by atoms with Crippen molar-refractivity contribution in [3.63, 3.8) is 0 Å². The molecule has 0 fully saturated rings. The molecule has 98 valence electrons. The van der Waals surface area contributed by atoms with Crippen LogP contribution in [0.4, 0.5) is 0 Å². The minimum Gasteiger partial charge on any atom is -0.338 e. The Balaban J connectivity index is 2.11. The Bertz CT molecular complexity index is 508. The quantitative estimate of drug-likeness (QED) is 0.767. The number of nitrogens with zero attached hydrogens (tertiary/aromatic N) is 6. The van der Waals surface area contributed by atoms with E-state index in [0.717, 1.165) is 17.4 Å². The first-order valence-electron chi connectivity index (χ1n) is 5.88. The van der Waals surface area contributed by atoms with E-state index in [1.807, 2.05) is 27.7 Å². The van der Waals surface area contributed by atoms with Crippen LogP contribution < -0.4 is 0 Å². The van der Waals surface area contributed by atoms with Gasteiger partial charge in [0.25, 0.3) is 0 Å². The van der Waals surface area contributed by atoms with E-state index in [9.17, 15) is 0 Å². The molecule has 18 heavy (non-hydrogen) atoms. The Morgan fingerprint density at radius 2 is 2.11 bits per heavy atom. The molecule has 0 aliphatic rings. The molecule has 1 unspecified atom stereocenters. The molecule has 1 atom stereocenters. The smallest absolute Gasteiger partial charge is 0.239 e. The van der Waals surface area contributed by atoms with E-state index in [0.29, 0.717) is 5.89 Å². The van der Waals surface area contributed by atoms with E-state index in [4.69, 9.17) is 4.52 Å². The van der Waals surface area contributed by atoms with Crippen LogP contribution in [0.1, 0.15) is 50.7 Å². The van der Waals surface area contributed by atoms with Gasteiger partial charge in [0.2, 0.25) is 11.0 Å². The normalized spacial score (nSPS) is 13.2. The summed E-state index contributed by atoms with van der Waals surface area (Å²) < 4.78 is 6.98. The molecule has 0 aliphatic carbocycles. The number of thioether (sulfide) groups is 1. The summed E-state index contributed by atoms with van der Waals surface area (Å²) in [4.78, 5) is 4.31. The summed E-state index contributed by atoms with van der Waals surface area (Å²) in [6.45, 7) is 8.06. The van der Waals surface area contributed by atoms with Gasteiger partial charge in [0.15, 0.2) is 5.82 Å². The molecule has 8 heteroatoms. The summed E-state index contributed by atoms with van der Waals surface area (Å²) in [5, 5.41) is 16.3. The molecule has 2 rings (SSSR count). The maximum absolute atomic E-state index is 5.21. The van der Waals surface area contributed by atoms with Gasteiger partial charge in [0, 0.05) is 6.42 Å². The number of aromatic nitrogens is 6. The van der Waals surface area contributed by atoms with Crippen molar-refractivity contribution in [1.29, 1.82) is 0 Å². The van der Waals surface area contributed by atoms with Gasteiger partial charge in [-0.15, -0.1) is 5.10 Å². The van der Waals surface area contributed by atoms with Crippen molar-refractivity contribution in [2.24, 2.45) is 0 Å². The number of hydrogen-bond donors (Lipinski definition) is 0. The molecule has 0 amide bonds. The van der Waals surface area contributed by atoms with Crippen LogP contribution in [0.25, 0.3) is 0 Å². The van der Waals surface area contributed by atoms with Crippen LogP contribution in [-0.4, -0.2) is 30.3 Å². The van der Waals surface area contributed by atoms with Crippen molar-refractivity contribution >= 4 is 11.8 Å². The third-order valence-corrected chi connectivity index (χ3v) is 3.42.